The topological polar surface area (TPSA) is 73.6 Å². The van der Waals surface area contributed by atoms with Crippen molar-refractivity contribution >= 4 is 11.8 Å². The van der Waals surface area contributed by atoms with Crippen LogP contribution in [0.5, 0.6) is 11.5 Å². The number of hydrogen-bond donors (Lipinski definition) is 1. The first-order valence-electron chi connectivity index (χ1n) is 5.37. The highest BCUT2D eigenvalue weighted by Crippen LogP contribution is 2.32. The second-order valence-electron chi connectivity index (χ2n) is 3.85. The average molecular weight is 246 g/mol. The normalized spacial score (nSPS) is 12.5. The Morgan fingerprint density at radius 2 is 2.11 bits per heavy atom. The Hall–Kier alpha value is -2.50. The Labute approximate surface area is 102 Å². The number of aromatic nitrogens is 1. The van der Waals surface area contributed by atoms with Crippen molar-refractivity contribution in [3.63, 3.8) is 0 Å². The van der Waals surface area contributed by atoms with Gasteiger partial charge in [0.25, 0.3) is 5.91 Å². The van der Waals surface area contributed by atoms with Crippen molar-refractivity contribution in [2.45, 2.75) is 6.92 Å². The second-order valence-corrected chi connectivity index (χ2v) is 3.85. The van der Waals surface area contributed by atoms with Crippen molar-refractivity contribution in [1.29, 1.82) is 0 Å². The number of anilines is 1. The quantitative estimate of drug-likeness (QED) is 0.876. The molecular formula is C12H10N2O4. The number of hydrogen-bond acceptors (Lipinski definition) is 5. The van der Waals surface area contributed by atoms with Crippen LogP contribution in [0.25, 0.3) is 0 Å². The van der Waals surface area contributed by atoms with Crippen molar-refractivity contribution in [3.8, 4) is 11.5 Å². The number of fused-ring (bicyclic) bond motifs is 1. The van der Waals surface area contributed by atoms with E-state index in [0.717, 1.165) is 0 Å². The fourth-order valence-electron chi connectivity index (χ4n) is 1.64. The molecule has 1 aliphatic rings. The molecule has 0 saturated heterocycles. The molecule has 0 radical (unpaired) electrons. The summed E-state index contributed by atoms with van der Waals surface area (Å²) in [4.78, 5) is 11.9. The molecule has 2 aromatic rings. The van der Waals surface area contributed by atoms with E-state index in [-0.39, 0.29) is 12.7 Å². The lowest BCUT2D eigenvalue weighted by molar-refractivity contribution is 0.102. The van der Waals surface area contributed by atoms with Gasteiger partial charge in [-0.1, -0.05) is 5.16 Å². The lowest BCUT2D eigenvalue weighted by Crippen LogP contribution is -2.11. The molecule has 1 amide bonds. The summed E-state index contributed by atoms with van der Waals surface area (Å²) < 4.78 is 15.3. The summed E-state index contributed by atoms with van der Waals surface area (Å²) in [6.45, 7) is 1.96. The van der Waals surface area contributed by atoms with Crippen molar-refractivity contribution in [1.82, 2.24) is 5.16 Å². The maximum absolute atomic E-state index is 11.9. The number of benzene rings is 1. The zero-order valence-electron chi connectivity index (χ0n) is 9.60. The van der Waals surface area contributed by atoms with E-state index in [9.17, 15) is 4.79 Å². The van der Waals surface area contributed by atoms with Gasteiger partial charge in [0.15, 0.2) is 11.5 Å². The molecule has 3 rings (SSSR count). The monoisotopic (exact) mass is 246 g/mol. The van der Waals surface area contributed by atoms with Crippen LogP contribution in [0, 0.1) is 6.92 Å². The Balaban J connectivity index is 1.80. The Kier molecular flexibility index (Phi) is 2.40. The first-order chi connectivity index (χ1) is 8.72. The number of nitrogens with zero attached hydrogens (tertiary/aromatic N) is 1. The number of nitrogens with one attached hydrogen (secondary N) is 1. The summed E-state index contributed by atoms with van der Waals surface area (Å²) in [5.41, 5.74) is 1.17. The minimum atomic E-state index is -0.288. The molecule has 1 aliphatic heterocycles. The Morgan fingerprint density at radius 1 is 1.28 bits per heavy atom. The van der Waals surface area contributed by atoms with Crippen molar-refractivity contribution in [2.24, 2.45) is 0 Å². The van der Waals surface area contributed by atoms with Gasteiger partial charge in [0.1, 0.15) is 0 Å². The molecule has 0 bridgehead atoms. The maximum atomic E-state index is 11.9. The summed E-state index contributed by atoms with van der Waals surface area (Å²) in [5.74, 6) is 1.23. The number of amides is 1. The van der Waals surface area contributed by atoms with Crippen LogP contribution in [0.4, 0.5) is 5.88 Å². The van der Waals surface area contributed by atoms with Crippen LogP contribution in [0.3, 0.4) is 0 Å². The minimum absolute atomic E-state index is 0.182. The molecule has 0 fully saturated rings. The lowest BCUT2D eigenvalue weighted by Gasteiger charge is -2.02. The molecular weight excluding hydrogens is 236 g/mol. The van der Waals surface area contributed by atoms with Gasteiger partial charge in [-0.2, -0.15) is 0 Å². The summed E-state index contributed by atoms with van der Waals surface area (Å²) in [7, 11) is 0. The van der Waals surface area contributed by atoms with E-state index in [1.165, 1.54) is 0 Å². The number of carbonyl (C=O) groups is 1. The molecule has 6 heteroatoms. The van der Waals surface area contributed by atoms with Crippen LogP contribution < -0.4 is 14.8 Å². The highest BCUT2D eigenvalue weighted by molar-refractivity contribution is 6.04. The molecule has 92 valence electrons. The largest absolute Gasteiger partial charge is 0.454 e. The van der Waals surface area contributed by atoms with Crippen LogP contribution in [-0.4, -0.2) is 17.9 Å². The minimum Gasteiger partial charge on any atom is -0.454 e. The molecule has 0 spiro atoms. The van der Waals surface area contributed by atoms with E-state index < -0.39 is 0 Å². The van der Waals surface area contributed by atoms with Crippen LogP contribution >= 0.6 is 0 Å². The zero-order valence-corrected chi connectivity index (χ0v) is 9.60. The predicted octanol–water partition coefficient (Wildman–Crippen LogP) is 1.96. The van der Waals surface area contributed by atoms with Crippen LogP contribution in [0.1, 0.15) is 16.1 Å². The van der Waals surface area contributed by atoms with E-state index in [2.05, 4.69) is 10.5 Å². The van der Waals surface area contributed by atoms with E-state index in [0.29, 0.717) is 28.6 Å². The van der Waals surface area contributed by atoms with Crippen molar-refractivity contribution in [2.75, 3.05) is 12.1 Å². The summed E-state index contributed by atoms with van der Waals surface area (Å²) >= 11 is 0. The zero-order chi connectivity index (χ0) is 12.5. The number of carbonyl (C=O) groups excluding carboxylic acids is 1. The molecule has 0 atom stereocenters. The molecule has 1 aromatic carbocycles. The fourth-order valence-corrected chi connectivity index (χ4v) is 1.64. The second kappa shape index (κ2) is 4.06. The number of rotatable bonds is 2. The van der Waals surface area contributed by atoms with E-state index in [4.69, 9.17) is 14.0 Å². The van der Waals surface area contributed by atoms with Crippen LogP contribution in [0.2, 0.25) is 0 Å². The molecule has 18 heavy (non-hydrogen) atoms. The van der Waals surface area contributed by atoms with Gasteiger partial charge in [-0.15, -0.1) is 0 Å². The first-order valence-corrected chi connectivity index (χ1v) is 5.37. The molecule has 0 aliphatic carbocycles. The smallest absolute Gasteiger partial charge is 0.258 e. The lowest BCUT2D eigenvalue weighted by atomic mass is 10.2. The molecule has 0 saturated carbocycles. The molecule has 1 N–H and O–H groups in total. The van der Waals surface area contributed by atoms with Gasteiger partial charge in [0, 0.05) is 11.6 Å². The van der Waals surface area contributed by atoms with Crippen LogP contribution in [-0.2, 0) is 0 Å². The number of aryl methyl sites for hydroxylation is 1. The van der Waals surface area contributed by atoms with E-state index in [1.54, 1.807) is 31.2 Å². The average Bonchev–Trinajstić information content (AvgIpc) is 2.96. The van der Waals surface area contributed by atoms with E-state index >= 15 is 0 Å². The third-order valence-electron chi connectivity index (χ3n) is 2.50. The molecule has 6 nitrogen and oxygen atoms in total. The molecule has 2 heterocycles. The van der Waals surface area contributed by atoms with Gasteiger partial charge >= 0.3 is 0 Å². The van der Waals surface area contributed by atoms with Gasteiger partial charge in [0.05, 0.1) is 5.69 Å². The van der Waals surface area contributed by atoms with Crippen LogP contribution in [0.15, 0.2) is 28.8 Å². The summed E-state index contributed by atoms with van der Waals surface area (Å²) in [5, 5.41) is 6.29. The summed E-state index contributed by atoms with van der Waals surface area (Å²) in [6.07, 6.45) is 0. The third kappa shape index (κ3) is 1.88. The van der Waals surface area contributed by atoms with Crippen molar-refractivity contribution < 1.29 is 18.8 Å². The predicted molar refractivity (Wildman–Crippen MR) is 61.8 cm³/mol. The summed E-state index contributed by atoms with van der Waals surface area (Å²) in [6, 6.07) is 6.63. The SMILES string of the molecule is Cc1cc(NC(=O)c2ccc3c(c2)OCO3)on1. The van der Waals surface area contributed by atoms with Gasteiger partial charge < -0.3 is 14.0 Å². The van der Waals surface area contributed by atoms with Gasteiger partial charge in [-0.3, -0.25) is 10.1 Å². The third-order valence-corrected chi connectivity index (χ3v) is 2.50. The highest BCUT2D eigenvalue weighted by Gasteiger charge is 2.16. The molecule has 1 aromatic heterocycles. The highest BCUT2D eigenvalue weighted by atomic mass is 16.7. The van der Waals surface area contributed by atoms with Crippen molar-refractivity contribution in [3.05, 3.63) is 35.5 Å². The Bertz CT molecular complexity index is 606. The fraction of sp³-hybridized carbons (Fsp3) is 0.167. The van der Waals surface area contributed by atoms with Gasteiger partial charge in [-0.05, 0) is 25.1 Å². The first kappa shape index (κ1) is 10.6. The Morgan fingerprint density at radius 3 is 2.89 bits per heavy atom. The van der Waals surface area contributed by atoms with Gasteiger partial charge in [-0.25, -0.2) is 0 Å². The van der Waals surface area contributed by atoms with E-state index in [1.807, 2.05) is 0 Å². The molecule has 0 unspecified atom stereocenters. The number of ether oxygens (including phenoxy) is 2. The maximum Gasteiger partial charge on any atom is 0.258 e. The standard InChI is InChI=1S/C12H10N2O4/c1-7-4-11(18-14-7)13-12(15)8-2-3-9-10(5-8)17-6-16-9/h2-5H,6H2,1H3,(H,13,15). The van der Waals surface area contributed by atoms with Gasteiger partial charge in [0.2, 0.25) is 12.7 Å².